The molecule has 22 heavy (non-hydrogen) atoms. The highest BCUT2D eigenvalue weighted by molar-refractivity contribution is 5.82. The highest BCUT2D eigenvalue weighted by Crippen LogP contribution is 2.25. The number of carbonyl (C=O) groups excluding carboxylic acids is 1. The monoisotopic (exact) mass is 296 g/mol. The van der Waals surface area contributed by atoms with Crippen molar-refractivity contribution in [1.82, 2.24) is 10.3 Å². The van der Waals surface area contributed by atoms with Crippen LogP contribution in [0.2, 0.25) is 0 Å². The van der Waals surface area contributed by atoms with E-state index in [-0.39, 0.29) is 11.9 Å². The van der Waals surface area contributed by atoms with E-state index in [0.29, 0.717) is 0 Å². The van der Waals surface area contributed by atoms with Crippen LogP contribution in [0.25, 0.3) is 0 Å². The number of amides is 1. The molecule has 116 valence electrons. The SMILES string of the molecule is Cc1ccc(C(NC(=O)C(C)(C)C)c2cccnc2)cc1C. The van der Waals surface area contributed by atoms with Crippen molar-refractivity contribution in [2.45, 2.75) is 40.7 Å². The predicted octanol–water partition coefficient (Wildman–Crippen LogP) is 3.95. The maximum Gasteiger partial charge on any atom is 0.226 e. The summed E-state index contributed by atoms with van der Waals surface area (Å²) in [6.45, 7) is 9.94. The fourth-order valence-corrected chi connectivity index (χ4v) is 2.20. The number of benzene rings is 1. The third-order valence-corrected chi connectivity index (χ3v) is 3.84. The van der Waals surface area contributed by atoms with Crippen LogP contribution in [0, 0.1) is 19.3 Å². The summed E-state index contributed by atoms with van der Waals surface area (Å²) in [6, 6.07) is 10.0. The smallest absolute Gasteiger partial charge is 0.226 e. The zero-order chi connectivity index (χ0) is 16.3. The van der Waals surface area contributed by atoms with Crippen molar-refractivity contribution in [3.8, 4) is 0 Å². The normalized spacial score (nSPS) is 12.8. The molecule has 0 saturated carbocycles. The van der Waals surface area contributed by atoms with Gasteiger partial charge in [-0.2, -0.15) is 0 Å². The summed E-state index contributed by atoms with van der Waals surface area (Å²) in [6.07, 6.45) is 3.55. The Labute approximate surface area is 132 Å². The number of pyridine rings is 1. The fraction of sp³-hybridized carbons (Fsp3) is 0.368. The topological polar surface area (TPSA) is 42.0 Å². The van der Waals surface area contributed by atoms with E-state index < -0.39 is 5.41 Å². The number of aryl methyl sites for hydroxylation is 2. The highest BCUT2D eigenvalue weighted by atomic mass is 16.2. The van der Waals surface area contributed by atoms with Gasteiger partial charge in [0.2, 0.25) is 5.91 Å². The summed E-state index contributed by atoms with van der Waals surface area (Å²) >= 11 is 0. The first-order chi connectivity index (χ1) is 10.3. The predicted molar refractivity (Wildman–Crippen MR) is 89.6 cm³/mol. The third-order valence-electron chi connectivity index (χ3n) is 3.84. The summed E-state index contributed by atoms with van der Waals surface area (Å²) < 4.78 is 0. The summed E-state index contributed by atoms with van der Waals surface area (Å²) in [4.78, 5) is 16.6. The van der Waals surface area contributed by atoms with Crippen LogP contribution in [0.1, 0.15) is 49.1 Å². The van der Waals surface area contributed by atoms with Gasteiger partial charge >= 0.3 is 0 Å². The number of hydrogen-bond donors (Lipinski definition) is 1. The lowest BCUT2D eigenvalue weighted by Crippen LogP contribution is -2.38. The van der Waals surface area contributed by atoms with Crippen molar-refractivity contribution in [2.75, 3.05) is 0 Å². The first kappa shape index (κ1) is 16.2. The number of rotatable bonds is 3. The van der Waals surface area contributed by atoms with E-state index in [1.165, 1.54) is 11.1 Å². The molecular weight excluding hydrogens is 272 g/mol. The molecule has 1 heterocycles. The number of nitrogens with one attached hydrogen (secondary N) is 1. The van der Waals surface area contributed by atoms with Crippen molar-refractivity contribution in [2.24, 2.45) is 5.41 Å². The van der Waals surface area contributed by atoms with Crippen LogP contribution in [0.3, 0.4) is 0 Å². The standard InChI is InChI=1S/C19H24N2O/c1-13-8-9-15(11-14(13)2)17(16-7-6-10-20-12-16)21-18(22)19(3,4)5/h6-12,17H,1-5H3,(H,21,22). The minimum atomic E-state index is -0.430. The van der Waals surface area contributed by atoms with E-state index >= 15 is 0 Å². The minimum Gasteiger partial charge on any atom is -0.345 e. The molecule has 0 fully saturated rings. The van der Waals surface area contributed by atoms with E-state index in [1.54, 1.807) is 6.20 Å². The number of nitrogens with zero attached hydrogens (tertiary/aromatic N) is 1. The Balaban J connectivity index is 2.42. The molecule has 2 rings (SSSR count). The fourth-order valence-electron chi connectivity index (χ4n) is 2.20. The van der Waals surface area contributed by atoms with Gasteiger partial charge in [-0.1, -0.05) is 45.0 Å². The summed E-state index contributed by atoms with van der Waals surface area (Å²) in [5.41, 5.74) is 4.10. The summed E-state index contributed by atoms with van der Waals surface area (Å²) in [7, 11) is 0. The van der Waals surface area contributed by atoms with Gasteiger partial charge in [0, 0.05) is 17.8 Å². The Morgan fingerprint density at radius 2 is 1.82 bits per heavy atom. The lowest BCUT2D eigenvalue weighted by atomic mass is 9.92. The van der Waals surface area contributed by atoms with Gasteiger partial charge in [0.25, 0.3) is 0 Å². The average molecular weight is 296 g/mol. The van der Waals surface area contributed by atoms with Gasteiger partial charge in [-0.05, 0) is 42.2 Å². The highest BCUT2D eigenvalue weighted by Gasteiger charge is 2.25. The second-order valence-corrected chi connectivity index (χ2v) is 6.79. The maximum absolute atomic E-state index is 12.4. The van der Waals surface area contributed by atoms with Crippen LogP contribution in [-0.4, -0.2) is 10.9 Å². The Kier molecular flexibility index (Phi) is 4.65. The van der Waals surface area contributed by atoms with Crippen LogP contribution in [0.15, 0.2) is 42.7 Å². The molecule has 0 spiro atoms. The molecule has 1 N–H and O–H groups in total. The molecule has 1 amide bonds. The van der Waals surface area contributed by atoms with Gasteiger partial charge in [0.1, 0.15) is 0 Å². The molecular formula is C19H24N2O. The van der Waals surface area contributed by atoms with E-state index in [1.807, 2.05) is 39.1 Å². The van der Waals surface area contributed by atoms with Crippen LogP contribution in [-0.2, 0) is 4.79 Å². The molecule has 2 aromatic rings. The van der Waals surface area contributed by atoms with Crippen molar-refractivity contribution >= 4 is 5.91 Å². The number of aromatic nitrogens is 1. The van der Waals surface area contributed by atoms with E-state index in [4.69, 9.17) is 0 Å². The van der Waals surface area contributed by atoms with Crippen molar-refractivity contribution in [3.63, 3.8) is 0 Å². The minimum absolute atomic E-state index is 0.0274. The molecule has 3 heteroatoms. The quantitative estimate of drug-likeness (QED) is 0.932. The molecule has 0 aliphatic heterocycles. The lowest BCUT2D eigenvalue weighted by Gasteiger charge is -2.25. The van der Waals surface area contributed by atoms with Gasteiger partial charge < -0.3 is 5.32 Å². The van der Waals surface area contributed by atoms with Gasteiger partial charge in [-0.25, -0.2) is 0 Å². The van der Waals surface area contributed by atoms with Gasteiger partial charge in [0.15, 0.2) is 0 Å². The summed E-state index contributed by atoms with van der Waals surface area (Å²) in [5, 5.41) is 3.16. The lowest BCUT2D eigenvalue weighted by molar-refractivity contribution is -0.129. The van der Waals surface area contributed by atoms with E-state index in [2.05, 4.69) is 42.3 Å². The molecule has 0 bridgehead atoms. The van der Waals surface area contributed by atoms with Crippen molar-refractivity contribution < 1.29 is 4.79 Å². The first-order valence-electron chi connectivity index (χ1n) is 7.57. The molecule has 1 aromatic heterocycles. The second kappa shape index (κ2) is 6.30. The maximum atomic E-state index is 12.4. The Hall–Kier alpha value is -2.16. The van der Waals surface area contributed by atoms with E-state index in [0.717, 1.165) is 11.1 Å². The zero-order valence-electron chi connectivity index (χ0n) is 14.0. The Bertz CT molecular complexity index is 657. The van der Waals surface area contributed by atoms with Crippen molar-refractivity contribution in [3.05, 3.63) is 65.0 Å². The Morgan fingerprint density at radius 1 is 1.09 bits per heavy atom. The number of carbonyl (C=O) groups is 1. The van der Waals surface area contributed by atoms with Gasteiger partial charge in [0.05, 0.1) is 6.04 Å². The summed E-state index contributed by atoms with van der Waals surface area (Å²) in [5.74, 6) is 0.0274. The third kappa shape index (κ3) is 3.73. The van der Waals surface area contributed by atoms with Crippen LogP contribution < -0.4 is 5.32 Å². The van der Waals surface area contributed by atoms with Crippen molar-refractivity contribution in [1.29, 1.82) is 0 Å². The Morgan fingerprint density at radius 3 is 2.36 bits per heavy atom. The zero-order valence-corrected chi connectivity index (χ0v) is 14.0. The second-order valence-electron chi connectivity index (χ2n) is 6.79. The number of hydrogen-bond acceptors (Lipinski definition) is 2. The first-order valence-corrected chi connectivity index (χ1v) is 7.57. The van der Waals surface area contributed by atoms with Crippen LogP contribution in [0.4, 0.5) is 0 Å². The molecule has 0 saturated heterocycles. The molecule has 3 nitrogen and oxygen atoms in total. The van der Waals surface area contributed by atoms with Gasteiger partial charge in [-0.3, -0.25) is 9.78 Å². The molecule has 1 atom stereocenters. The average Bonchev–Trinajstić information content (AvgIpc) is 2.47. The van der Waals surface area contributed by atoms with Crippen LogP contribution in [0.5, 0.6) is 0 Å². The molecule has 0 aliphatic carbocycles. The molecule has 1 aromatic carbocycles. The van der Waals surface area contributed by atoms with Gasteiger partial charge in [-0.15, -0.1) is 0 Å². The van der Waals surface area contributed by atoms with E-state index in [9.17, 15) is 4.79 Å². The van der Waals surface area contributed by atoms with Crippen LogP contribution >= 0.6 is 0 Å². The molecule has 0 radical (unpaired) electrons. The largest absolute Gasteiger partial charge is 0.345 e. The molecule has 0 aliphatic rings. The molecule has 1 unspecified atom stereocenters.